The summed E-state index contributed by atoms with van der Waals surface area (Å²) in [5.74, 6) is 0.313. The second-order valence-electron chi connectivity index (χ2n) is 10.9. The lowest BCUT2D eigenvalue weighted by molar-refractivity contribution is -0.140. The second-order valence-corrected chi connectivity index (χ2v) is 10.9. The molecule has 0 saturated carbocycles. The zero-order valence-electron chi connectivity index (χ0n) is 23.6. The summed E-state index contributed by atoms with van der Waals surface area (Å²) in [7, 11) is 0. The molecule has 2 aromatic carbocycles. The number of nitrogens with zero attached hydrogens (tertiary/aromatic N) is 4. The van der Waals surface area contributed by atoms with Gasteiger partial charge in [0, 0.05) is 42.3 Å². The molecule has 2 aliphatic heterocycles. The minimum absolute atomic E-state index is 0.0235. The van der Waals surface area contributed by atoms with E-state index in [-0.39, 0.29) is 24.3 Å². The Balaban J connectivity index is 1.27. The molecule has 2 aromatic heterocycles. The first-order chi connectivity index (χ1) is 20.4. The number of furan rings is 1. The van der Waals surface area contributed by atoms with Crippen molar-refractivity contribution in [3.8, 4) is 0 Å². The van der Waals surface area contributed by atoms with Crippen LogP contribution >= 0.6 is 0 Å². The van der Waals surface area contributed by atoms with Crippen molar-refractivity contribution in [2.45, 2.75) is 45.1 Å². The Morgan fingerprint density at radius 2 is 1.81 bits per heavy atom. The maximum absolute atomic E-state index is 13.6. The average Bonchev–Trinajstić information content (AvgIpc) is 3.63. The van der Waals surface area contributed by atoms with Gasteiger partial charge in [-0.3, -0.25) is 24.7 Å². The highest BCUT2D eigenvalue weighted by Crippen LogP contribution is 2.23. The van der Waals surface area contributed by atoms with Crippen molar-refractivity contribution in [1.29, 1.82) is 0 Å². The van der Waals surface area contributed by atoms with Crippen molar-refractivity contribution in [3.05, 3.63) is 72.1 Å². The van der Waals surface area contributed by atoms with E-state index in [9.17, 15) is 14.4 Å². The standard InChI is InChI=1S/C32H34N6O4/c1-21-16-23-18-25(11-12-28(23)42-21)34-32(36-30(40)24-17-22-8-2-3-9-26(22)33-19-24)35-27-10-4-5-15-38(31(27)41)20-29(39)37-13-6-7-14-37/h2-3,8-9,11-12,16-19,27H,4-7,10,13-15,20H2,1H3,(H2,34,35,36,40). The Hall–Kier alpha value is -4.73. The Labute approximate surface area is 243 Å². The second kappa shape index (κ2) is 12.0. The van der Waals surface area contributed by atoms with E-state index >= 15 is 0 Å². The molecule has 0 bridgehead atoms. The first kappa shape index (κ1) is 27.4. The molecule has 2 N–H and O–H groups in total. The molecule has 3 amide bonds. The number of hydrogen-bond acceptors (Lipinski definition) is 6. The minimum Gasteiger partial charge on any atom is -0.461 e. The molecule has 10 nitrogen and oxygen atoms in total. The first-order valence-corrected chi connectivity index (χ1v) is 14.5. The lowest BCUT2D eigenvalue weighted by Crippen LogP contribution is -2.45. The summed E-state index contributed by atoms with van der Waals surface area (Å²) in [6.45, 7) is 3.94. The number of aliphatic imine (C=N–C) groups is 1. The summed E-state index contributed by atoms with van der Waals surface area (Å²) in [5.41, 5.74) is 2.59. The van der Waals surface area contributed by atoms with Gasteiger partial charge < -0.3 is 19.5 Å². The molecule has 2 saturated heterocycles. The Bertz CT molecular complexity index is 1670. The van der Waals surface area contributed by atoms with E-state index in [1.807, 2.05) is 60.4 Å². The number of nitrogens with one attached hydrogen (secondary N) is 2. The fraction of sp³-hybridized carbons (Fsp3) is 0.344. The zero-order valence-corrected chi connectivity index (χ0v) is 23.6. The van der Waals surface area contributed by atoms with Gasteiger partial charge in [0.1, 0.15) is 17.4 Å². The number of hydrogen-bond donors (Lipinski definition) is 2. The third-order valence-corrected chi connectivity index (χ3v) is 7.81. The van der Waals surface area contributed by atoms with Crippen molar-refractivity contribution >= 4 is 51.2 Å². The number of carbonyl (C=O) groups is 3. The van der Waals surface area contributed by atoms with E-state index in [0.717, 1.165) is 66.4 Å². The number of fused-ring (bicyclic) bond motifs is 2. The van der Waals surface area contributed by atoms with E-state index in [4.69, 9.17) is 9.41 Å². The van der Waals surface area contributed by atoms with Crippen LogP contribution in [0.1, 0.15) is 48.2 Å². The molecule has 10 heteroatoms. The van der Waals surface area contributed by atoms with Gasteiger partial charge in [-0.1, -0.05) is 18.2 Å². The van der Waals surface area contributed by atoms with E-state index in [1.165, 1.54) is 6.20 Å². The molecule has 2 fully saturated rings. The molecular weight excluding hydrogens is 532 g/mol. The third kappa shape index (κ3) is 6.12. The topological polar surface area (TPSA) is 120 Å². The SMILES string of the molecule is Cc1cc2cc(NC(=NC3CCCCN(CC(=O)N4CCCC4)C3=O)NC(=O)c3cnc4ccccc4c3)ccc2o1. The molecular formula is C32H34N6O4. The lowest BCUT2D eigenvalue weighted by atomic mass is 10.1. The van der Waals surface area contributed by atoms with Crippen LogP contribution < -0.4 is 10.6 Å². The predicted octanol–water partition coefficient (Wildman–Crippen LogP) is 4.49. The molecule has 0 spiro atoms. The van der Waals surface area contributed by atoms with Crippen molar-refractivity contribution in [2.75, 3.05) is 31.5 Å². The molecule has 42 heavy (non-hydrogen) atoms. The Morgan fingerprint density at radius 1 is 1.00 bits per heavy atom. The number of rotatable bonds is 5. The largest absolute Gasteiger partial charge is 0.461 e. The maximum atomic E-state index is 13.6. The van der Waals surface area contributed by atoms with E-state index in [1.54, 1.807) is 11.0 Å². The van der Waals surface area contributed by atoms with Crippen molar-refractivity contribution in [3.63, 3.8) is 0 Å². The summed E-state index contributed by atoms with van der Waals surface area (Å²) in [6, 6.07) is 16.1. The molecule has 216 valence electrons. The van der Waals surface area contributed by atoms with Crippen LogP contribution in [-0.4, -0.2) is 70.7 Å². The van der Waals surface area contributed by atoms with E-state index < -0.39 is 11.9 Å². The van der Waals surface area contributed by atoms with Crippen LogP contribution in [0.15, 0.2) is 70.2 Å². The molecule has 4 aromatic rings. The lowest BCUT2D eigenvalue weighted by Gasteiger charge is -2.25. The first-order valence-electron chi connectivity index (χ1n) is 14.5. The molecule has 1 atom stereocenters. The normalized spacial score (nSPS) is 18.0. The summed E-state index contributed by atoms with van der Waals surface area (Å²) >= 11 is 0. The Morgan fingerprint density at radius 3 is 2.67 bits per heavy atom. The van der Waals surface area contributed by atoms with Gasteiger partial charge in [0.25, 0.3) is 5.91 Å². The molecule has 0 aliphatic carbocycles. The number of aromatic nitrogens is 1. The number of pyridine rings is 1. The summed E-state index contributed by atoms with van der Waals surface area (Å²) in [6.07, 6.45) is 5.62. The highest BCUT2D eigenvalue weighted by Gasteiger charge is 2.30. The predicted molar refractivity (Wildman–Crippen MR) is 161 cm³/mol. The fourth-order valence-electron chi connectivity index (χ4n) is 5.61. The van der Waals surface area contributed by atoms with E-state index in [0.29, 0.717) is 24.2 Å². The number of anilines is 1. The number of aryl methyl sites for hydroxylation is 1. The number of guanidine groups is 1. The van der Waals surface area contributed by atoms with Gasteiger partial charge >= 0.3 is 0 Å². The van der Waals surface area contributed by atoms with Crippen LogP contribution in [0.4, 0.5) is 5.69 Å². The van der Waals surface area contributed by atoms with Crippen LogP contribution in [0, 0.1) is 6.92 Å². The number of benzene rings is 2. The Kier molecular flexibility index (Phi) is 7.85. The molecule has 4 heterocycles. The van der Waals surface area contributed by atoms with Crippen LogP contribution in [0.2, 0.25) is 0 Å². The smallest absolute Gasteiger partial charge is 0.259 e. The molecule has 0 radical (unpaired) electrons. The number of likely N-dealkylation sites (tertiary alicyclic amines) is 2. The maximum Gasteiger partial charge on any atom is 0.259 e. The monoisotopic (exact) mass is 566 g/mol. The number of amides is 3. The van der Waals surface area contributed by atoms with Crippen molar-refractivity contribution in [1.82, 2.24) is 20.1 Å². The quantitative estimate of drug-likeness (QED) is 0.271. The third-order valence-electron chi connectivity index (χ3n) is 7.81. The summed E-state index contributed by atoms with van der Waals surface area (Å²) < 4.78 is 5.70. The molecule has 6 rings (SSSR count). The van der Waals surface area contributed by atoms with Gasteiger partial charge in [-0.15, -0.1) is 0 Å². The zero-order chi connectivity index (χ0) is 29.1. The van der Waals surface area contributed by atoms with Crippen LogP contribution in [0.5, 0.6) is 0 Å². The highest BCUT2D eigenvalue weighted by molar-refractivity contribution is 6.11. The van der Waals surface area contributed by atoms with E-state index in [2.05, 4.69) is 15.6 Å². The average molecular weight is 567 g/mol. The molecule has 1 unspecified atom stereocenters. The fourth-order valence-corrected chi connectivity index (χ4v) is 5.61. The van der Waals surface area contributed by atoms with Crippen LogP contribution in [0.25, 0.3) is 21.9 Å². The van der Waals surface area contributed by atoms with Crippen molar-refractivity contribution < 1.29 is 18.8 Å². The number of carbonyl (C=O) groups excluding carboxylic acids is 3. The minimum atomic E-state index is -0.740. The molecule has 2 aliphatic rings. The summed E-state index contributed by atoms with van der Waals surface area (Å²) in [5, 5.41) is 7.84. The van der Waals surface area contributed by atoms with Gasteiger partial charge in [0.15, 0.2) is 0 Å². The highest BCUT2D eigenvalue weighted by atomic mass is 16.3. The van der Waals surface area contributed by atoms with Gasteiger partial charge in [0.2, 0.25) is 17.8 Å². The van der Waals surface area contributed by atoms with Gasteiger partial charge in [-0.05, 0) is 75.4 Å². The number of para-hydroxylation sites is 1. The van der Waals surface area contributed by atoms with Crippen LogP contribution in [0.3, 0.4) is 0 Å². The van der Waals surface area contributed by atoms with Gasteiger partial charge in [-0.2, -0.15) is 0 Å². The van der Waals surface area contributed by atoms with Crippen LogP contribution in [-0.2, 0) is 9.59 Å². The van der Waals surface area contributed by atoms with Crippen molar-refractivity contribution in [2.24, 2.45) is 4.99 Å². The van der Waals surface area contributed by atoms with Gasteiger partial charge in [0.05, 0.1) is 17.6 Å². The van der Waals surface area contributed by atoms with Gasteiger partial charge in [-0.25, -0.2) is 4.99 Å². The summed E-state index contributed by atoms with van der Waals surface area (Å²) in [4.78, 5) is 52.5.